The van der Waals surface area contributed by atoms with Gasteiger partial charge in [0.05, 0.1) is 6.04 Å². The molecular formula is C44H29N5O. The number of rotatable bonds is 5. The molecule has 1 aliphatic heterocycles. The maximum Gasteiger partial charge on any atom is 0.182 e. The number of nitrogens with zero attached hydrogens (tertiary/aromatic N) is 5. The second kappa shape index (κ2) is 11.5. The molecule has 5 aromatic carbocycles. The van der Waals surface area contributed by atoms with Gasteiger partial charge in [0, 0.05) is 45.6 Å². The molecule has 0 radical (unpaired) electrons. The molecule has 0 bridgehead atoms. The quantitative estimate of drug-likeness (QED) is 0.186. The van der Waals surface area contributed by atoms with Crippen molar-refractivity contribution in [1.82, 2.24) is 19.9 Å². The Morgan fingerprint density at radius 1 is 0.560 bits per heavy atom. The van der Waals surface area contributed by atoms with Crippen LogP contribution in [-0.4, -0.2) is 26.0 Å². The first kappa shape index (κ1) is 28.4. The summed E-state index contributed by atoms with van der Waals surface area (Å²) in [7, 11) is 0. The minimum atomic E-state index is 0.134. The number of pyridine rings is 1. The van der Waals surface area contributed by atoms with Gasteiger partial charge in [0.25, 0.3) is 0 Å². The van der Waals surface area contributed by atoms with Gasteiger partial charge < -0.3 is 9.32 Å². The first-order valence-corrected chi connectivity index (χ1v) is 16.8. The smallest absolute Gasteiger partial charge is 0.182 e. The van der Waals surface area contributed by atoms with E-state index >= 15 is 0 Å². The summed E-state index contributed by atoms with van der Waals surface area (Å²) in [5.41, 5.74) is 10.4. The second-order valence-electron chi connectivity index (χ2n) is 12.7. The fraction of sp³-hybridized carbons (Fsp3) is 0.0455. The van der Waals surface area contributed by atoms with Crippen LogP contribution in [-0.2, 0) is 0 Å². The van der Waals surface area contributed by atoms with Crippen LogP contribution in [0.3, 0.4) is 0 Å². The van der Waals surface area contributed by atoms with Crippen LogP contribution in [0.15, 0.2) is 162 Å². The Hall–Kier alpha value is -6.66. The molecule has 6 nitrogen and oxygen atoms in total. The van der Waals surface area contributed by atoms with E-state index < -0.39 is 0 Å². The van der Waals surface area contributed by atoms with Crippen molar-refractivity contribution in [2.75, 3.05) is 4.90 Å². The molecule has 0 spiro atoms. The van der Waals surface area contributed by atoms with Crippen molar-refractivity contribution in [3.05, 3.63) is 175 Å². The van der Waals surface area contributed by atoms with E-state index in [1.807, 2.05) is 48.5 Å². The molecule has 3 aromatic heterocycles. The third-order valence-corrected chi connectivity index (χ3v) is 9.73. The van der Waals surface area contributed by atoms with Crippen LogP contribution in [0.2, 0.25) is 0 Å². The molecule has 4 heterocycles. The van der Waals surface area contributed by atoms with Crippen LogP contribution in [0.4, 0.5) is 11.4 Å². The summed E-state index contributed by atoms with van der Waals surface area (Å²) in [5, 5.41) is 1.10. The lowest BCUT2D eigenvalue weighted by Crippen LogP contribution is -2.30. The Bertz CT molecular complexity index is 2560. The van der Waals surface area contributed by atoms with E-state index in [-0.39, 0.29) is 12.0 Å². The Labute approximate surface area is 289 Å². The van der Waals surface area contributed by atoms with E-state index in [0.717, 1.165) is 39.0 Å². The number of fused-ring (bicyclic) bond motifs is 7. The highest BCUT2D eigenvalue weighted by atomic mass is 16.3. The molecule has 0 saturated heterocycles. The maximum absolute atomic E-state index is 6.62. The van der Waals surface area contributed by atoms with E-state index in [9.17, 15) is 0 Å². The van der Waals surface area contributed by atoms with Gasteiger partial charge in [-0.25, -0.2) is 15.0 Å². The number of para-hydroxylation sites is 2. The SMILES string of the molecule is C1=CC2C(c3ccccc3N2c2ccccc2)c2c1oc1cc(-c3nc(-c4cccc(-c5ccccc5)c4)nc(-c4ccccn4)n3)ccc21. The summed E-state index contributed by atoms with van der Waals surface area (Å²) in [6.45, 7) is 0. The zero-order valence-electron chi connectivity index (χ0n) is 26.9. The average molecular weight is 644 g/mol. The van der Waals surface area contributed by atoms with E-state index in [0.29, 0.717) is 23.2 Å². The van der Waals surface area contributed by atoms with Crippen molar-refractivity contribution in [3.63, 3.8) is 0 Å². The molecule has 0 amide bonds. The zero-order valence-corrected chi connectivity index (χ0v) is 26.9. The Morgan fingerprint density at radius 3 is 2.08 bits per heavy atom. The van der Waals surface area contributed by atoms with Crippen LogP contribution in [0.5, 0.6) is 0 Å². The fourth-order valence-electron chi connectivity index (χ4n) is 7.50. The van der Waals surface area contributed by atoms with E-state index in [4.69, 9.17) is 19.4 Å². The highest BCUT2D eigenvalue weighted by molar-refractivity contribution is 5.92. The summed E-state index contributed by atoms with van der Waals surface area (Å²) in [5.74, 6) is 2.69. The lowest BCUT2D eigenvalue weighted by molar-refractivity contribution is 0.584. The number of aromatic nitrogens is 4. The van der Waals surface area contributed by atoms with Gasteiger partial charge in [0.15, 0.2) is 17.5 Å². The van der Waals surface area contributed by atoms with Gasteiger partial charge in [0.1, 0.15) is 17.0 Å². The summed E-state index contributed by atoms with van der Waals surface area (Å²) in [4.78, 5) is 21.9. The molecule has 2 atom stereocenters. The normalized spacial score (nSPS) is 15.9. The molecule has 6 heteroatoms. The van der Waals surface area contributed by atoms with Gasteiger partial charge >= 0.3 is 0 Å². The van der Waals surface area contributed by atoms with E-state index in [1.54, 1.807) is 6.20 Å². The van der Waals surface area contributed by atoms with Gasteiger partial charge in [-0.15, -0.1) is 0 Å². The highest BCUT2D eigenvalue weighted by Crippen LogP contribution is 2.53. The average Bonchev–Trinajstić information content (AvgIpc) is 3.74. The summed E-state index contributed by atoms with van der Waals surface area (Å²) >= 11 is 0. The van der Waals surface area contributed by atoms with Crippen molar-refractivity contribution in [2.24, 2.45) is 0 Å². The first-order chi connectivity index (χ1) is 24.8. The number of hydrogen-bond acceptors (Lipinski definition) is 6. The minimum absolute atomic E-state index is 0.134. The Kier molecular flexibility index (Phi) is 6.52. The number of furan rings is 1. The van der Waals surface area contributed by atoms with Crippen molar-refractivity contribution in [3.8, 4) is 45.4 Å². The summed E-state index contributed by atoms with van der Waals surface area (Å²) in [6, 6.07) is 50.2. The Balaban J connectivity index is 1.09. The predicted molar refractivity (Wildman–Crippen MR) is 199 cm³/mol. The standard InChI is InChI=1S/C44H29N5O/c1-3-12-28(13-4-1)29-14-11-15-30(26-29)42-46-43(48-44(47-42)35-19-9-10-25-45-35)31-21-22-34-39(27-31)50-38-24-23-37-40(41(34)38)33-18-7-8-20-36(33)49(37)32-16-5-2-6-17-32/h1-27,37,40H. The molecule has 0 fully saturated rings. The van der Waals surface area contributed by atoms with Crippen molar-refractivity contribution >= 4 is 28.4 Å². The largest absolute Gasteiger partial charge is 0.456 e. The maximum atomic E-state index is 6.62. The lowest BCUT2D eigenvalue weighted by atomic mass is 9.82. The zero-order chi connectivity index (χ0) is 33.0. The summed E-state index contributed by atoms with van der Waals surface area (Å²) in [6.07, 6.45) is 6.18. The molecule has 2 unspecified atom stereocenters. The topological polar surface area (TPSA) is 67.9 Å². The minimum Gasteiger partial charge on any atom is -0.456 e. The highest BCUT2D eigenvalue weighted by Gasteiger charge is 2.43. The molecule has 236 valence electrons. The number of hydrogen-bond donors (Lipinski definition) is 0. The van der Waals surface area contributed by atoms with Crippen LogP contribution in [0, 0.1) is 0 Å². The van der Waals surface area contributed by atoms with Crippen LogP contribution in [0.1, 0.15) is 22.8 Å². The monoisotopic (exact) mass is 643 g/mol. The molecule has 2 aliphatic rings. The molecule has 8 aromatic rings. The molecule has 10 rings (SSSR count). The Morgan fingerprint density at radius 2 is 1.26 bits per heavy atom. The molecule has 0 saturated carbocycles. The fourth-order valence-corrected chi connectivity index (χ4v) is 7.50. The van der Waals surface area contributed by atoms with Gasteiger partial charge in [-0.1, -0.05) is 109 Å². The van der Waals surface area contributed by atoms with E-state index in [1.165, 1.54) is 22.5 Å². The van der Waals surface area contributed by atoms with Crippen LogP contribution < -0.4 is 4.90 Å². The third kappa shape index (κ3) is 4.65. The molecule has 1 aliphatic carbocycles. The molecule has 50 heavy (non-hydrogen) atoms. The van der Waals surface area contributed by atoms with Gasteiger partial charge in [0.2, 0.25) is 0 Å². The van der Waals surface area contributed by atoms with Crippen molar-refractivity contribution < 1.29 is 4.42 Å². The summed E-state index contributed by atoms with van der Waals surface area (Å²) < 4.78 is 6.62. The third-order valence-electron chi connectivity index (χ3n) is 9.73. The molecular weight excluding hydrogens is 615 g/mol. The van der Waals surface area contributed by atoms with Crippen LogP contribution in [0.25, 0.3) is 62.5 Å². The first-order valence-electron chi connectivity index (χ1n) is 16.8. The van der Waals surface area contributed by atoms with Gasteiger partial charge in [-0.05, 0) is 65.2 Å². The van der Waals surface area contributed by atoms with Crippen LogP contribution >= 0.6 is 0 Å². The van der Waals surface area contributed by atoms with Crippen molar-refractivity contribution in [1.29, 1.82) is 0 Å². The van der Waals surface area contributed by atoms with Crippen molar-refractivity contribution in [2.45, 2.75) is 12.0 Å². The van der Waals surface area contributed by atoms with Gasteiger partial charge in [-0.2, -0.15) is 0 Å². The second-order valence-corrected chi connectivity index (χ2v) is 12.7. The van der Waals surface area contributed by atoms with Gasteiger partial charge in [-0.3, -0.25) is 4.98 Å². The number of anilines is 2. The number of benzene rings is 5. The molecule has 0 N–H and O–H groups in total. The lowest BCUT2D eigenvalue weighted by Gasteiger charge is -2.30. The predicted octanol–water partition coefficient (Wildman–Crippen LogP) is 10.4. The van der Waals surface area contributed by atoms with E-state index in [2.05, 4.69) is 119 Å².